The minimum Gasteiger partial charge on any atom is -0.339 e. The standard InChI is InChI=1S/C20H19ClFN5O4/c1-11-23-18(25-31-11)17-15-5-3-2-4-8-26(15)20(30)27(19(17)29)10-16(28)24-12-6-7-14(22)13(21)9-12/h6-7,9H,2-5,8,10H2,1H3,(H,24,28). The Kier molecular flexibility index (Phi) is 5.73. The van der Waals surface area contributed by atoms with Crippen molar-refractivity contribution >= 4 is 23.2 Å². The van der Waals surface area contributed by atoms with E-state index in [-0.39, 0.29) is 28.0 Å². The van der Waals surface area contributed by atoms with Gasteiger partial charge in [0.05, 0.1) is 5.02 Å². The zero-order valence-electron chi connectivity index (χ0n) is 16.7. The molecule has 0 aliphatic carbocycles. The number of aromatic nitrogens is 4. The molecule has 3 heterocycles. The van der Waals surface area contributed by atoms with Crippen LogP contribution in [0, 0.1) is 12.7 Å². The fraction of sp³-hybridized carbons (Fsp3) is 0.350. The van der Waals surface area contributed by atoms with E-state index >= 15 is 0 Å². The quantitative estimate of drug-likeness (QED) is 0.657. The van der Waals surface area contributed by atoms with Gasteiger partial charge in [-0.25, -0.2) is 9.18 Å². The molecule has 0 saturated heterocycles. The van der Waals surface area contributed by atoms with Crippen molar-refractivity contribution in [2.24, 2.45) is 0 Å². The number of anilines is 1. The monoisotopic (exact) mass is 447 g/mol. The Morgan fingerprint density at radius 1 is 1.29 bits per heavy atom. The topological polar surface area (TPSA) is 112 Å². The van der Waals surface area contributed by atoms with E-state index in [9.17, 15) is 18.8 Å². The highest BCUT2D eigenvalue weighted by Gasteiger charge is 2.25. The fourth-order valence-electron chi connectivity index (χ4n) is 3.65. The molecule has 0 spiro atoms. The number of nitrogens with zero attached hydrogens (tertiary/aromatic N) is 4. The van der Waals surface area contributed by atoms with Crippen LogP contribution in [-0.2, 0) is 24.3 Å². The number of rotatable bonds is 4. The zero-order chi connectivity index (χ0) is 22.1. The molecule has 1 N–H and O–H groups in total. The molecule has 1 aromatic carbocycles. The first-order valence-corrected chi connectivity index (χ1v) is 10.1. The molecule has 0 radical (unpaired) electrons. The van der Waals surface area contributed by atoms with Crippen LogP contribution in [0.25, 0.3) is 11.4 Å². The minimum absolute atomic E-state index is 0.0904. The van der Waals surface area contributed by atoms with Crippen LogP contribution < -0.4 is 16.6 Å². The van der Waals surface area contributed by atoms with Crippen molar-refractivity contribution < 1.29 is 13.7 Å². The molecule has 0 bridgehead atoms. The van der Waals surface area contributed by atoms with Crippen LogP contribution in [-0.4, -0.2) is 25.2 Å². The average molecular weight is 448 g/mol. The summed E-state index contributed by atoms with van der Waals surface area (Å²) in [7, 11) is 0. The summed E-state index contributed by atoms with van der Waals surface area (Å²) < 4.78 is 20.7. The number of carbonyl (C=O) groups excluding carboxylic acids is 1. The predicted octanol–water partition coefficient (Wildman–Crippen LogP) is 2.53. The van der Waals surface area contributed by atoms with Gasteiger partial charge in [0.2, 0.25) is 17.6 Å². The number of fused-ring (bicyclic) bond motifs is 1. The summed E-state index contributed by atoms with van der Waals surface area (Å²) in [5, 5.41) is 6.22. The van der Waals surface area contributed by atoms with E-state index in [0.717, 1.165) is 29.9 Å². The van der Waals surface area contributed by atoms with Gasteiger partial charge in [-0.15, -0.1) is 0 Å². The molecule has 0 saturated carbocycles. The molecule has 1 amide bonds. The van der Waals surface area contributed by atoms with Gasteiger partial charge in [0, 0.05) is 24.8 Å². The number of hydrogen-bond acceptors (Lipinski definition) is 6. The second kappa shape index (κ2) is 8.46. The first-order valence-electron chi connectivity index (χ1n) is 9.77. The molecular weight excluding hydrogens is 429 g/mol. The molecule has 0 unspecified atom stereocenters. The molecule has 11 heteroatoms. The van der Waals surface area contributed by atoms with Gasteiger partial charge >= 0.3 is 5.69 Å². The Labute approximate surface area is 180 Å². The summed E-state index contributed by atoms with van der Waals surface area (Å²) in [6.07, 6.45) is 3.02. The predicted molar refractivity (Wildman–Crippen MR) is 111 cm³/mol. The molecule has 162 valence electrons. The molecule has 2 aromatic heterocycles. The van der Waals surface area contributed by atoms with Gasteiger partial charge < -0.3 is 9.84 Å². The summed E-state index contributed by atoms with van der Waals surface area (Å²) in [6, 6.07) is 3.69. The maximum atomic E-state index is 13.3. The van der Waals surface area contributed by atoms with E-state index in [2.05, 4.69) is 15.5 Å². The Hall–Kier alpha value is -3.27. The fourth-order valence-corrected chi connectivity index (χ4v) is 3.83. The van der Waals surface area contributed by atoms with Crippen LogP contribution in [0.1, 0.15) is 30.8 Å². The van der Waals surface area contributed by atoms with E-state index in [4.69, 9.17) is 16.1 Å². The highest BCUT2D eigenvalue weighted by molar-refractivity contribution is 6.31. The van der Waals surface area contributed by atoms with Gasteiger partial charge in [-0.2, -0.15) is 4.98 Å². The number of hydrogen-bond donors (Lipinski definition) is 1. The first kappa shape index (κ1) is 21.0. The summed E-state index contributed by atoms with van der Waals surface area (Å²) in [4.78, 5) is 43.0. The van der Waals surface area contributed by atoms with Crippen molar-refractivity contribution in [2.75, 3.05) is 5.32 Å². The lowest BCUT2D eigenvalue weighted by Crippen LogP contribution is -2.44. The van der Waals surface area contributed by atoms with Gasteiger partial charge in [-0.05, 0) is 37.5 Å². The van der Waals surface area contributed by atoms with Crippen LogP contribution in [0.5, 0.6) is 0 Å². The van der Waals surface area contributed by atoms with Crippen molar-refractivity contribution in [2.45, 2.75) is 45.7 Å². The summed E-state index contributed by atoms with van der Waals surface area (Å²) in [6.45, 7) is 1.49. The van der Waals surface area contributed by atoms with Crippen molar-refractivity contribution in [3.05, 3.63) is 61.5 Å². The molecule has 9 nitrogen and oxygen atoms in total. The molecular formula is C20H19ClFN5O4. The summed E-state index contributed by atoms with van der Waals surface area (Å²) in [5.41, 5.74) is -0.274. The molecule has 1 aliphatic heterocycles. The normalized spacial score (nSPS) is 13.5. The lowest BCUT2D eigenvalue weighted by molar-refractivity contribution is -0.116. The van der Waals surface area contributed by atoms with Crippen LogP contribution in [0.3, 0.4) is 0 Å². The van der Waals surface area contributed by atoms with E-state index in [1.807, 2.05) is 0 Å². The highest BCUT2D eigenvalue weighted by atomic mass is 35.5. The summed E-state index contributed by atoms with van der Waals surface area (Å²) in [5.74, 6) is -0.885. The summed E-state index contributed by atoms with van der Waals surface area (Å²) >= 11 is 5.74. The van der Waals surface area contributed by atoms with Gasteiger partial charge in [-0.1, -0.05) is 23.2 Å². The first-order chi connectivity index (χ1) is 14.8. The molecule has 0 atom stereocenters. The maximum Gasteiger partial charge on any atom is 0.331 e. The molecule has 0 fully saturated rings. The smallest absolute Gasteiger partial charge is 0.331 e. The Bertz CT molecular complexity index is 1280. The Balaban J connectivity index is 1.76. The second-order valence-corrected chi connectivity index (χ2v) is 7.68. The maximum absolute atomic E-state index is 13.3. The van der Waals surface area contributed by atoms with E-state index < -0.39 is 29.5 Å². The third-order valence-corrected chi connectivity index (χ3v) is 5.38. The number of halogens is 2. The third kappa shape index (κ3) is 4.15. The molecule has 1 aliphatic rings. The lowest BCUT2D eigenvalue weighted by atomic mass is 10.1. The number of amides is 1. The Morgan fingerprint density at radius 3 is 2.81 bits per heavy atom. The molecule has 3 aromatic rings. The lowest BCUT2D eigenvalue weighted by Gasteiger charge is -2.16. The minimum atomic E-state index is -0.661. The van der Waals surface area contributed by atoms with E-state index in [0.29, 0.717) is 18.7 Å². The van der Waals surface area contributed by atoms with Gasteiger partial charge in [-0.3, -0.25) is 18.7 Å². The van der Waals surface area contributed by atoms with Crippen LogP contribution in [0.2, 0.25) is 5.02 Å². The van der Waals surface area contributed by atoms with Crippen LogP contribution >= 0.6 is 11.6 Å². The van der Waals surface area contributed by atoms with Gasteiger partial charge in [0.1, 0.15) is 17.9 Å². The number of nitrogens with one attached hydrogen (secondary N) is 1. The molecule has 4 rings (SSSR count). The number of benzene rings is 1. The second-order valence-electron chi connectivity index (χ2n) is 7.27. The third-order valence-electron chi connectivity index (χ3n) is 5.09. The van der Waals surface area contributed by atoms with Crippen LogP contribution in [0.4, 0.5) is 10.1 Å². The zero-order valence-corrected chi connectivity index (χ0v) is 17.4. The van der Waals surface area contributed by atoms with Crippen LogP contribution in [0.15, 0.2) is 32.3 Å². The van der Waals surface area contributed by atoms with Crippen molar-refractivity contribution in [3.63, 3.8) is 0 Å². The van der Waals surface area contributed by atoms with Crippen molar-refractivity contribution in [3.8, 4) is 11.4 Å². The molecule has 31 heavy (non-hydrogen) atoms. The van der Waals surface area contributed by atoms with E-state index in [1.54, 1.807) is 6.92 Å². The van der Waals surface area contributed by atoms with Gasteiger partial charge in [0.25, 0.3) is 5.56 Å². The average Bonchev–Trinajstić information content (AvgIpc) is 3.00. The van der Waals surface area contributed by atoms with Crippen molar-refractivity contribution in [1.82, 2.24) is 19.3 Å². The number of carbonyl (C=O) groups is 1. The Morgan fingerprint density at radius 2 is 2.10 bits per heavy atom. The SMILES string of the molecule is Cc1nc(-c2c3n(c(=O)n(CC(=O)Nc4ccc(F)c(Cl)c4)c2=O)CCCCC3)no1. The van der Waals surface area contributed by atoms with E-state index in [1.165, 1.54) is 16.7 Å². The largest absolute Gasteiger partial charge is 0.339 e. The highest BCUT2D eigenvalue weighted by Crippen LogP contribution is 2.22. The van der Waals surface area contributed by atoms with Crippen molar-refractivity contribution in [1.29, 1.82) is 0 Å². The van der Waals surface area contributed by atoms with Gasteiger partial charge in [0.15, 0.2) is 0 Å². The number of aryl methyl sites for hydroxylation is 1.